The third kappa shape index (κ3) is 4.60. The molecule has 148 valence electrons. The highest BCUT2D eigenvalue weighted by molar-refractivity contribution is 6.32. The number of aromatic nitrogens is 2. The third-order valence-corrected chi connectivity index (χ3v) is 5.26. The molecule has 2 aromatic rings. The van der Waals surface area contributed by atoms with Gasteiger partial charge in [0, 0.05) is 51.5 Å². The van der Waals surface area contributed by atoms with Crippen molar-refractivity contribution in [2.24, 2.45) is 0 Å². The lowest BCUT2D eigenvalue weighted by atomic mass is 10.2. The Labute approximate surface area is 169 Å². The molecule has 2 saturated heterocycles. The van der Waals surface area contributed by atoms with Gasteiger partial charge in [0.1, 0.15) is 11.1 Å². The summed E-state index contributed by atoms with van der Waals surface area (Å²) in [5.41, 5.74) is 1.53. The number of nitrogens with zero attached hydrogens (tertiary/aromatic N) is 4. The van der Waals surface area contributed by atoms with Gasteiger partial charge in [0.25, 0.3) is 5.91 Å². The molecule has 2 aromatic heterocycles. The molecule has 0 saturated carbocycles. The lowest BCUT2D eigenvalue weighted by Crippen LogP contribution is -2.48. The highest BCUT2D eigenvalue weighted by Gasteiger charge is 2.24. The fourth-order valence-corrected chi connectivity index (χ4v) is 3.62. The van der Waals surface area contributed by atoms with Crippen LogP contribution in [-0.2, 0) is 11.3 Å². The minimum Gasteiger partial charge on any atom is -0.471 e. The lowest BCUT2D eigenvalue weighted by Gasteiger charge is -2.34. The fraction of sp³-hybridized carbons (Fsp3) is 0.450. The van der Waals surface area contributed by atoms with E-state index in [1.54, 1.807) is 18.5 Å². The van der Waals surface area contributed by atoms with Gasteiger partial charge < -0.3 is 14.4 Å². The van der Waals surface area contributed by atoms with Gasteiger partial charge in [-0.05, 0) is 18.2 Å². The summed E-state index contributed by atoms with van der Waals surface area (Å²) in [6.07, 6.45) is 4.14. The van der Waals surface area contributed by atoms with E-state index in [2.05, 4.69) is 14.9 Å². The Morgan fingerprint density at radius 3 is 2.79 bits per heavy atom. The predicted octanol–water partition coefficient (Wildman–Crippen LogP) is 2.26. The molecule has 2 aliphatic rings. The number of hydrogen-bond donors (Lipinski definition) is 0. The Balaban J connectivity index is 1.32. The van der Waals surface area contributed by atoms with Crippen molar-refractivity contribution in [1.82, 2.24) is 19.8 Å². The van der Waals surface area contributed by atoms with Crippen molar-refractivity contribution in [2.45, 2.75) is 19.1 Å². The first-order chi connectivity index (χ1) is 13.7. The summed E-state index contributed by atoms with van der Waals surface area (Å²) in [4.78, 5) is 25.6. The van der Waals surface area contributed by atoms with Gasteiger partial charge >= 0.3 is 0 Å². The summed E-state index contributed by atoms with van der Waals surface area (Å²) in [6, 6.07) is 7.57. The van der Waals surface area contributed by atoms with E-state index in [1.807, 2.05) is 23.1 Å². The molecule has 7 nitrogen and oxygen atoms in total. The van der Waals surface area contributed by atoms with Crippen LogP contribution in [0.1, 0.15) is 22.5 Å². The Morgan fingerprint density at radius 2 is 2.11 bits per heavy atom. The maximum Gasteiger partial charge on any atom is 0.255 e. The van der Waals surface area contributed by atoms with E-state index in [9.17, 15) is 4.79 Å². The first kappa shape index (κ1) is 19.1. The molecule has 1 atom stereocenters. The van der Waals surface area contributed by atoms with Crippen molar-refractivity contribution in [3.63, 3.8) is 0 Å². The molecule has 0 aromatic carbocycles. The zero-order valence-electron chi connectivity index (χ0n) is 15.6. The van der Waals surface area contributed by atoms with Crippen LogP contribution in [0.2, 0.25) is 5.02 Å². The highest BCUT2D eigenvalue weighted by atomic mass is 35.5. The number of pyridine rings is 2. The Morgan fingerprint density at radius 1 is 1.25 bits per heavy atom. The zero-order valence-corrected chi connectivity index (χ0v) is 16.3. The number of rotatable bonds is 5. The monoisotopic (exact) mass is 402 g/mol. The molecule has 4 heterocycles. The Kier molecular flexibility index (Phi) is 6.04. The van der Waals surface area contributed by atoms with Crippen LogP contribution in [0.3, 0.4) is 0 Å². The summed E-state index contributed by atoms with van der Waals surface area (Å²) in [6.45, 7) is 4.99. The number of carbonyl (C=O) groups is 1. The smallest absolute Gasteiger partial charge is 0.255 e. The number of ether oxygens (including phenoxy) is 2. The van der Waals surface area contributed by atoms with Crippen molar-refractivity contribution in [3.8, 4) is 5.88 Å². The van der Waals surface area contributed by atoms with Gasteiger partial charge in [0.05, 0.1) is 24.5 Å². The van der Waals surface area contributed by atoms with E-state index in [4.69, 9.17) is 21.1 Å². The van der Waals surface area contributed by atoms with Crippen LogP contribution in [0, 0.1) is 0 Å². The molecule has 2 fully saturated rings. The van der Waals surface area contributed by atoms with Gasteiger partial charge in [-0.2, -0.15) is 0 Å². The highest BCUT2D eigenvalue weighted by Crippen LogP contribution is 2.26. The van der Waals surface area contributed by atoms with Crippen LogP contribution in [-0.4, -0.2) is 71.2 Å². The molecule has 1 unspecified atom stereocenters. The molecule has 1 amide bonds. The van der Waals surface area contributed by atoms with Crippen molar-refractivity contribution >= 4 is 17.5 Å². The SMILES string of the molecule is O=C(c1cnc(OC2CCOC2)c(Cl)c1)N1CCN(Cc2ccccn2)CC1. The number of amides is 1. The second-order valence-corrected chi connectivity index (χ2v) is 7.41. The van der Waals surface area contributed by atoms with Crippen molar-refractivity contribution < 1.29 is 14.3 Å². The molecule has 0 bridgehead atoms. The molecule has 0 spiro atoms. The van der Waals surface area contributed by atoms with Crippen LogP contribution < -0.4 is 4.74 Å². The summed E-state index contributed by atoms with van der Waals surface area (Å²) in [5, 5.41) is 0.353. The summed E-state index contributed by atoms with van der Waals surface area (Å²) < 4.78 is 11.0. The Bertz CT molecular complexity index is 806. The standard InChI is InChI=1S/C20H23ClN4O3/c21-18-11-15(12-23-19(18)28-17-4-10-27-14-17)20(26)25-8-6-24(7-9-25)13-16-3-1-2-5-22-16/h1-3,5,11-12,17H,4,6-10,13-14H2. The summed E-state index contributed by atoms with van der Waals surface area (Å²) >= 11 is 6.29. The second-order valence-electron chi connectivity index (χ2n) is 7.00. The maximum atomic E-state index is 12.8. The van der Waals surface area contributed by atoms with E-state index in [0.717, 1.165) is 31.7 Å². The Hall–Kier alpha value is -2.22. The average molecular weight is 403 g/mol. The minimum absolute atomic E-state index is 0.0290. The summed E-state index contributed by atoms with van der Waals surface area (Å²) in [5.74, 6) is 0.302. The zero-order chi connectivity index (χ0) is 19.3. The third-order valence-electron chi connectivity index (χ3n) is 4.99. The van der Waals surface area contributed by atoms with E-state index >= 15 is 0 Å². The molecule has 0 aliphatic carbocycles. The number of hydrogen-bond acceptors (Lipinski definition) is 6. The predicted molar refractivity (Wildman–Crippen MR) is 105 cm³/mol. The van der Waals surface area contributed by atoms with Crippen LogP contribution >= 0.6 is 11.6 Å². The van der Waals surface area contributed by atoms with Gasteiger partial charge in [0.15, 0.2) is 0 Å². The van der Waals surface area contributed by atoms with Gasteiger partial charge in [-0.15, -0.1) is 0 Å². The van der Waals surface area contributed by atoms with E-state index < -0.39 is 0 Å². The van der Waals surface area contributed by atoms with E-state index in [-0.39, 0.29) is 12.0 Å². The quantitative estimate of drug-likeness (QED) is 0.764. The fourth-order valence-electron chi connectivity index (χ4n) is 3.41. The molecule has 0 radical (unpaired) electrons. The molecular formula is C20H23ClN4O3. The molecule has 2 aliphatic heterocycles. The second kappa shape index (κ2) is 8.86. The van der Waals surface area contributed by atoms with Crippen LogP contribution in [0.5, 0.6) is 5.88 Å². The minimum atomic E-state index is -0.0531. The van der Waals surface area contributed by atoms with Crippen LogP contribution in [0.15, 0.2) is 36.7 Å². The number of halogens is 1. The normalized spacial score (nSPS) is 20.3. The van der Waals surface area contributed by atoms with Crippen molar-refractivity contribution in [1.29, 1.82) is 0 Å². The molecule has 0 N–H and O–H groups in total. The van der Waals surface area contributed by atoms with Gasteiger partial charge in [-0.3, -0.25) is 14.7 Å². The maximum absolute atomic E-state index is 12.8. The largest absolute Gasteiger partial charge is 0.471 e. The van der Waals surface area contributed by atoms with E-state index in [0.29, 0.717) is 42.8 Å². The van der Waals surface area contributed by atoms with Crippen LogP contribution in [0.4, 0.5) is 0 Å². The first-order valence-electron chi connectivity index (χ1n) is 9.50. The molecule has 4 rings (SSSR count). The topological polar surface area (TPSA) is 67.8 Å². The van der Waals surface area contributed by atoms with Gasteiger partial charge in [0.2, 0.25) is 5.88 Å². The molecule has 28 heavy (non-hydrogen) atoms. The summed E-state index contributed by atoms with van der Waals surface area (Å²) in [7, 11) is 0. The van der Waals surface area contributed by atoms with E-state index in [1.165, 1.54) is 0 Å². The van der Waals surface area contributed by atoms with Crippen LogP contribution in [0.25, 0.3) is 0 Å². The molecule has 8 heteroatoms. The first-order valence-corrected chi connectivity index (χ1v) is 9.88. The van der Waals surface area contributed by atoms with Crippen molar-refractivity contribution in [2.75, 3.05) is 39.4 Å². The molecular weight excluding hydrogens is 380 g/mol. The lowest BCUT2D eigenvalue weighted by molar-refractivity contribution is 0.0626. The number of carbonyl (C=O) groups excluding carboxylic acids is 1. The van der Waals surface area contributed by atoms with Gasteiger partial charge in [-0.1, -0.05) is 17.7 Å². The van der Waals surface area contributed by atoms with Gasteiger partial charge in [-0.25, -0.2) is 4.98 Å². The number of piperazine rings is 1. The van der Waals surface area contributed by atoms with Crippen molar-refractivity contribution in [3.05, 3.63) is 52.9 Å². The average Bonchev–Trinajstić information content (AvgIpc) is 3.23.